The number of imidazole rings is 1. The van der Waals surface area contributed by atoms with Crippen molar-refractivity contribution in [2.75, 3.05) is 20.1 Å². The van der Waals surface area contributed by atoms with Gasteiger partial charge in [-0.1, -0.05) is 33.8 Å². The lowest BCUT2D eigenvalue weighted by Gasteiger charge is -2.24. The van der Waals surface area contributed by atoms with Crippen molar-refractivity contribution in [1.29, 1.82) is 0 Å². The molecule has 0 unspecified atom stereocenters. The standard InChI is InChI=1S/C22H34N4O2/c1-6-7-20-23-18-16-17(9-11-21(27)24-28)8-10-19(18)26(20)15-14-25(5)13-12-22(2,3)4/h8-11,16,28H,6-7,12-15H2,1-5H3,(H,24,27)/b11-9+. The van der Waals surface area contributed by atoms with Gasteiger partial charge in [0, 0.05) is 25.6 Å². The van der Waals surface area contributed by atoms with E-state index in [0.717, 1.165) is 54.9 Å². The normalized spacial score (nSPS) is 12.4. The molecule has 1 aromatic heterocycles. The van der Waals surface area contributed by atoms with Gasteiger partial charge in [0.1, 0.15) is 5.82 Å². The van der Waals surface area contributed by atoms with E-state index in [9.17, 15) is 4.79 Å². The maximum Gasteiger partial charge on any atom is 0.267 e. The molecule has 0 saturated heterocycles. The number of hydrogen-bond acceptors (Lipinski definition) is 4. The Bertz CT molecular complexity index is 818. The summed E-state index contributed by atoms with van der Waals surface area (Å²) in [5.41, 5.74) is 4.89. The second-order valence-electron chi connectivity index (χ2n) is 8.60. The van der Waals surface area contributed by atoms with E-state index in [-0.39, 0.29) is 0 Å². The average molecular weight is 387 g/mol. The predicted molar refractivity (Wildman–Crippen MR) is 114 cm³/mol. The minimum absolute atomic E-state index is 0.347. The van der Waals surface area contributed by atoms with E-state index in [2.05, 4.69) is 50.3 Å². The number of aromatic nitrogens is 2. The molecule has 2 aromatic rings. The van der Waals surface area contributed by atoms with Gasteiger partial charge in [0.2, 0.25) is 0 Å². The highest BCUT2D eigenvalue weighted by Gasteiger charge is 2.14. The molecule has 28 heavy (non-hydrogen) atoms. The van der Waals surface area contributed by atoms with Crippen LogP contribution < -0.4 is 5.48 Å². The maximum atomic E-state index is 11.2. The molecule has 0 radical (unpaired) electrons. The van der Waals surface area contributed by atoms with Crippen LogP contribution in [0.1, 0.15) is 51.9 Å². The summed E-state index contributed by atoms with van der Waals surface area (Å²) in [5.74, 6) is 0.562. The van der Waals surface area contributed by atoms with Crippen molar-refractivity contribution in [2.45, 2.75) is 53.5 Å². The Morgan fingerprint density at radius 3 is 2.71 bits per heavy atom. The van der Waals surface area contributed by atoms with Crippen molar-refractivity contribution in [2.24, 2.45) is 5.41 Å². The Balaban J connectivity index is 2.18. The average Bonchev–Trinajstić information content (AvgIpc) is 2.98. The summed E-state index contributed by atoms with van der Waals surface area (Å²) >= 11 is 0. The molecule has 0 atom stereocenters. The SMILES string of the molecule is CCCc1nc2cc(/C=C/C(=O)NO)ccc2n1CCN(C)CCC(C)(C)C. The van der Waals surface area contributed by atoms with Crippen molar-refractivity contribution in [1.82, 2.24) is 19.9 Å². The van der Waals surface area contributed by atoms with Crippen molar-refractivity contribution >= 4 is 23.0 Å². The molecule has 0 aliphatic carbocycles. The number of amides is 1. The molecule has 1 aromatic carbocycles. The van der Waals surface area contributed by atoms with Crippen molar-refractivity contribution in [3.8, 4) is 0 Å². The third-order valence-corrected chi connectivity index (χ3v) is 4.81. The number of fused-ring (bicyclic) bond motifs is 1. The number of aryl methyl sites for hydroxylation is 1. The highest BCUT2D eigenvalue weighted by Crippen LogP contribution is 2.21. The monoisotopic (exact) mass is 386 g/mol. The van der Waals surface area contributed by atoms with Crippen LogP contribution >= 0.6 is 0 Å². The summed E-state index contributed by atoms with van der Waals surface area (Å²) in [6, 6.07) is 6.02. The molecule has 1 amide bonds. The maximum absolute atomic E-state index is 11.2. The summed E-state index contributed by atoms with van der Waals surface area (Å²) in [7, 11) is 2.18. The topological polar surface area (TPSA) is 70.4 Å². The predicted octanol–water partition coefficient (Wildman–Crippen LogP) is 3.88. The molecule has 0 aliphatic heterocycles. The van der Waals surface area contributed by atoms with E-state index in [4.69, 9.17) is 10.2 Å². The highest BCUT2D eigenvalue weighted by atomic mass is 16.5. The molecule has 6 heteroatoms. The summed E-state index contributed by atoms with van der Waals surface area (Å²) < 4.78 is 2.32. The Morgan fingerprint density at radius 1 is 1.32 bits per heavy atom. The van der Waals surface area contributed by atoms with Gasteiger partial charge in [-0.05, 0) is 55.6 Å². The lowest BCUT2D eigenvalue weighted by Crippen LogP contribution is -2.27. The molecular formula is C22H34N4O2. The number of hydroxylamine groups is 1. The van der Waals surface area contributed by atoms with E-state index < -0.39 is 5.91 Å². The molecule has 2 N–H and O–H groups in total. The molecule has 0 fully saturated rings. The molecular weight excluding hydrogens is 352 g/mol. The molecule has 0 spiro atoms. The molecule has 0 bridgehead atoms. The quantitative estimate of drug-likeness (QED) is 0.390. The van der Waals surface area contributed by atoms with Crippen LogP contribution in [0.5, 0.6) is 0 Å². The second-order valence-corrected chi connectivity index (χ2v) is 8.60. The summed E-state index contributed by atoms with van der Waals surface area (Å²) in [5, 5.41) is 8.60. The summed E-state index contributed by atoms with van der Waals surface area (Å²) in [4.78, 5) is 18.4. The van der Waals surface area contributed by atoms with E-state index in [0.29, 0.717) is 5.41 Å². The van der Waals surface area contributed by atoms with Gasteiger partial charge in [-0.25, -0.2) is 10.5 Å². The molecule has 0 aliphatic rings. The number of rotatable bonds is 9. The third kappa shape index (κ3) is 6.46. The Kier molecular flexibility index (Phi) is 7.78. The fourth-order valence-electron chi connectivity index (χ4n) is 3.08. The van der Waals surface area contributed by atoms with Gasteiger partial charge in [-0.3, -0.25) is 10.0 Å². The third-order valence-electron chi connectivity index (χ3n) is 4.81. The molecule has 1 heterocycles. The van der Waals surface area contributed by atoms with Gasteiger partial charge in [0.25, 0.3) is 5.91 Å². The smallest absolute Gasteiger partial charge is 0.267 e. The number of nitrogens with zero attached hydrogens (tertiary/aromatic N) is 3. The van der Waals surface area contributed by atoms with Gasteiger partial charge in [-0.15, -0.1) is 0 Å². The Morgan fingerprint density at radius 2 is 2.07 bits per heavy atom. The van der Waals surface area contributed by atoms with Gasteiger partial charge >= 0.3 is 0 Å². The number of carbonyl (C=O) groups excluding carboxylic acids is 1. The first-order valence-corrected chi connectivity index (χ1v) is 10.0. The van der Waals surface area contributed by atoms with E-state index >= 15 is 0 Å². The number of likely N-dealkylation sites (N-methyl/N-ethyl adjacent to an activating group) is 1. The molecule has 154 valence electrons. The van der Waals surface area contributed by atoms with Crippen LogP contribution in [0.4, 0.5) is 0 Å². The number of hydrogen-bond donors (Lipinski definition) is 2. The number of nitrogens with one attached hydrogen (secondary N) is 1. The van der Waals surface area contributed by atoms with Crippen LogP contribution in [0.2, 0.25) is 0 Å². The minimum atomic E-state index is -0.546. The highest BCUT2D eigenvalue weighted by molar-refractivity contribution is 5.91. The first-order valence-electron chi connectivity index (χ1n) is 10.0. The van der Waals surface area contributed by atoms with Crippen LogP contribution in [-0.2, 0) is 17.8 Å². The Hall–Kier alpha value is -2.18. The number of carbonyl (C=O) groups is 1. The molecule has 0 saturated carbocycles. The van der Waals surface area contributed by atoms with Gasteiger partial charge in [0.15, 0.2) is 0 Å². The lowest BCUT2D eigenvalue weighted by molar-refractivity contribution is -0.124. The van der Waals surface area contributed by atoms with Gasteiger partial charge in [0.05, 0.1) is 11.0 Å². The zero-order valence-corrected chi connectivity index (χ0v) is 17.8. The van der Waals surface area contributed by atoms with E-state index in [1.165, 1.54) is 12.5 Å². The van der Waals surface area contributed by atoms with Crippen LogP contribution in [0.15, 0.2) is 24.3 Å². The zero-order valence-electron chi connectivity index (χ0n) is 17.8. The molecule has 6 nitrogen and oxygen atoms in total. The largest absolute Gasteiger partial charge is 0.327 e. The lowest BCUT2D eigenvalue weighted by atomic mass is 9.92. The van der Waals surface area contributed by atoms with Crippen LogP contribution in [-0.4, -0.2) is 45.7 Å². The first kappa shape index (κ1) is 22.1. The van der Waals surface area contributed by atoms with E-state index in [1.807, 2.05) is 12.1 Å². The van der Waals surface area contributed by atoms with Crippen LogP contribution in [0.3, 0.4) is 0 Å². The van der Waals surface area contributed by atoms with Crippen molar-refractivity contribution in [3.05, 3.63) is 35.7 Å². The fourth-order valence-corrected chi connectivity index (χ4v) is 3.08. The second kappa shape index (κ2) is 9.85. The van der Waals surface area contributed by atoms with Crippen molar-refractivity contribution < 1.29 is 10.0 Å². The summed E-state index contributed by atoms with van der Waals surface area (Å²) in [6.07, 6.45) is 6.14. The van der Waals surface area contributed by atoms with Gasteiger partial charge in [-0.2, -0.15) is 0 Å². The first-order chi connectivity index (χ1) is 13.2. The van der Waals surface area contributed by atoms with Crippen LogP contribution in [0.25, 0.3) is 17.1 Å². The summed E-state index contributed by atoms with van der Waals surface area (Å²) in [6.45, 7) is 12.0. The zero-order chi connectivity index (χ0) is 20.7. The minimum Gasteiger partial charge on any atom is -0.327 e. The fraction of sp³-hybridized carbons (Fsp3) is 0.545. The van der Waals surface area contributed by atoms with E-state index in [1.54, 1.807) is 11.6 Å². The van der Waals surface area contributed by atoms with Crippen LogP contribution in [0, 0.1) is 5.41 Å². The number of benzene rings is 1. The van der Waals surface area contributed by atoms with Crippen molar-refractivity contribution in [3.63, 3.8) is 0 Å². The Labute approximate surface area is 168 Å². The molecule has 2 rings (SSSR count). The van der Waals surface area contributed by atoms with Gasteiger partial charge < -0.3 is 9.47 Å².